The van der Waals surface area contributed by atoms with Crippen molar-refractivity contribution in [2.24, 2.45) is 0 Å². The summed E-state index contributed by atoms with van der Waals surface area (Å²) in [6.45, 7) is 0.434. The van der Waals surface area contributed by atoms with Gasteiger partial charge in [-0.25, -0.2) is 4.39 Å². The first-order valence-corrected chi connectivity index (χ1v) is 5.88. The topological polar surface area (TPSA) is 58.2 Å². The molecule has 1 unspecified atom stereocenters. The quantitative estimate of drug-likeness (QED) is 0.862. The molecule has 0 radical (unpaired) electrons. The Kier molecular flexibility index (Phi) is 3.42. The molecule has 17 heavy (non-hydrogen) atoms. The Bertz CT molecular complexity index is 479. The number of carbonyl (C=O) groups is 2. The Morgan fingerprint density at radius 3 is 2.88 bits per heavy atom. The van der Waals surface area contributed by atoms with Gasteiger partial charge in [-0.1, -0.05) is 0 Å². The molecule has 0 aliphatic carbocycles. The first-order chi connectivity index (χ1) is 8.06. The van der Waals surface area contributed by atoms with E-state index in [1.54, 1.807) is 0 Å². The molecule has 1 aliphatic rings. The third-order valence-corrected chi connectivity index (χ3v) is 3.14. The highest BCUT2D eigenvalue weighted by atomic mass is 79.9. The number of nitrogens with one attached hydrogen (secondary N) is 2. The Balaban J connectivity index is 2.07. The van der Waals surface area contributed by atoms with E-state index in [1.165, 1.54) is 18.2 Å². The molecule has 1 saturated heterocycles. The van der Waals surface area contributed by atoms with Crippen LogP contribution in [0.1, 0.15) is 16.8 Å². The highest BCUT2D eigenvalue weighted by Crippen LogP contribution is 2.18. The minimum atomic E-state index is -0.411. The Morgan fingerprint density at radius 2 is 2.29 bits per heavy atom. The van der Waals surface area contributed by atoms with Crippen LogP contribution in [0, 0.1) is 5.82 Å². The zero-order valence-corrected chi connectivity index (χ0v) is 10.4. The van der Waals surface area contributed by atoms with Crippen LogP contribution in [0.4, 0.5) is 4.39 Å². The van der Waals surface area contributed by atoms with Gasteiger partial charge in [0.15, 0.2) is 0 Å². The van der Waals surface area contributed by atoms with Gasteiger partial charge in [0.1, 0.15) is 5.82 Å². The van der Waals surface area contributed by atoms with Gasteiger partial charge in [-0.05, 0) is 34.1 Å². The maximum atomic E-state index is 12.9. The van der Waals surface area contributed by atoms with Gasteiger partial charge in [-0.15, -0.1) is 0 Å². The fourth-order valence-corrected chi connectivity index (χ4v) is 2.17. The van der Waals surface area contributed by atoms with Gasteiger partial charge < -0.3 is 10.6 Å². The number of amides is 2. The monoisotopic (exact) mass is 300 g/mol. The first-order valence-electron chi connectivity index (χ1n) is 5.09. The summed E-state index contributed by atoms with van der Waals surface area (Å²) < 4.78 is 13.2. The van der Waals surface area contributed by atoms with Gasteiger partial charge in [0, 0.05) is 17.4 Å². The second kappa shape index (κ2) is 4.83. The molecular formula is C11H10BrFN2O2. The molecule has 2 N–H and O–H groups in total. The van der Waals surface area contributed by atoms with Crippen LogP contribution in [0.3, 0.4) is 0 Å². The minimum absolute atomic E-state index is 0.0755. The molecule has 2 amide bonds. The molecule has 4 nitrogen and oxygen atoms in total. The van der Waals surface area contributed by atoms with Crippen molar-refractivity contribution < 1.29 is 14.0 Å². The van der Waals surface area contributed by atoms with Gasteiger partial charge in [0.25, 0.3) is 5.91 Å². The maximum absolute atomic E-state index is 12.9. The van der Waals surface area contributed by atoms with Crippen molar-refractivity contribution in [3.63, 3.8) is 0 Å². The summed E-state index contributed by atoms with van der Waals surface area (Å²) >= 11 is 3.13. The van der Waals surface area contributed by atoms with Crippen molar-refractivity contribution in [1.29, 1.82) is 0 Å². The van der Waals surface area contributed by atoms with Crippen LogP contribution < -0.4 is 10.6 Å². The summed E-state index contributed by atoms with van der Waals surface area (Å²) in [5.41, 5.74) is 0.353. The predicted molar refractivity (Wildman–Crippen MR) is 63.0 cm³/mol. The average Bonchev–Trinajstić information content (AvgIpc) is 2.63. The fraction of sp³-hybridized carbons (Fsp3) is 0.273. The molecular weight excluding hydrogens is 291 g/mol. The number of hydrogen-bond acceptors (Lipinski definition) is 2. The SMILES string of the molecule is O=C1CC(NC(=O)c2ccc(F)cc2Br)CN1. The number of benzene rings is 1. The third-order valence-electron chi connectivity index (χ3n) is 2.49. The van der Waals surface area contributed by atoms with E-state index in [2.05, 4.69) is 26.6 Å². The van der Waals surface area contributed by atoms with Crippen LogP contribution in [0.15, 0.2) is 22.7 Å². The van der Waals surface area contributed by atoms with Crippen LogP contribution in [-0.4, -0.2) is 24.4 Å². The van der Waals surface area contributed by atoms with Gasteiger partial charge in [0.05, 0.1) is 11.6 Å². The van der Waals surface area contributed by atoms with Crippen LogP contribution in [0.2, 0.25) is 0 Å². The van der Waals surface area contributed by atoms with Crippen molar-refractivity contribution in [2.45, 2.75) is 12.5 Å². The molecule has 1 fully saturated rings. The normalized spacial score (nSPS) is 18.9. The highest BCUT2D eigenvalue weighted by Gasteiger charge is 2.23. The number of carbonyl (C=O) groups excluding carboxylic acids is 2. The van der Waals surface area contributed by atoms with Crippen LogP contribution in [0.5, 0.6) is 0 Å². The minimum Gasteiger partial charge on any atom is -0.354 e. The van der Waals surface area contributed by atoms with Crippen LogP contribution >= 0.6 is 15.9 Å². The zero-order valence-electron chi connectivity index (χ0n) is 8.80. The molecule has 1 heterocycles. The second-order valence-electron chi connectivity index (χ2n) is 3.80. The van der Waals surface area contributed by atoms with Crippen molar-refractivity contribution in [2.75, 3.05) is 6.54 Å². The van der Waals surface area contributed by atoms with E-state index in [4.69, 9.17) is 0 Å². The van der Waals surface area contributed by atoms with Crippen molar-refractivity contribution in [3.05, 3.63) is 34.1 Å². The predicted octanol–water partition coefficient (Wildman–Crippen LogP) is 1.21. The molecule has 0 aromatic heterocycles. The Labute approximate surface area is 106 Å². The molecule has 0 bridgehead atoms. The number of rotatable bonds is 2. The second-order valence-corrected chi connectivity index (χ2v) is 4.66. The molecule has 1 aromatic carbocycles. The molecule has 90 valence electrons. The van der Waals surface area contributed by atoms with E-state index in [1.807, 2.05) is 0 Å². The van der Waals surface area contributed by atoms with Crippen molar-refractivity contribution in [3.8, 4) is 0 Å². The largest absolute Gasteiger partial charge is 0.354 e. The lowest BCUT2D eigenvalue weighted by atomic mass is 10.2. The lowest BCUT2D eigenvalue weighted by molar-refractivity contribution is -0.119. The Morgan fingerprint density at radius 1 is 1.53 bits per heavy atom. The van der Waals surface area contributed by atoms with E-state index in [0.717, 1.165) is 0 Å². The molecule has 2 rings (SSSR count). The molecule has 6 heteroatoms. The van der Waals surface area contributed by atoms with E-state index < -0.39 is 5.82 Å². The van der Waals surface area contributed by atoms with Crippen molar-refractivity contribution >= 4 is 27.7 Å². The zero-order chi connectivity index (χ0) is 12.4. The van der Waals surface area contributed by atoms with Crippen molar-refractivity contribution in [1.82, 2.24) is 10.6 Å². The smallest absolute Gasteiger partial charge is 0.252 e. The first kappa shape index (κ1) is 12.0. The molecule has 0 spiro atoms. The van der Waals surface area contributed by atoms with Gasteiger partial charge in [-0.3, -0.25) is 9.59 Å². The third kappa shape index (κ3) is 2.82. The summed E-state index contributed by atoms with van der Waals surface area (Å²) in [5, 5.41) is 5.34. The number of hydrogen-bond donors (Lipinski definition) is 2. The molecule has 1 aliphatic heterocycles. The van der Waals surface area contributed by atoms with Gasteiger partial charge >= 0.3 is 0 Å². The summed E-state index contributed by atoms with van der Waals surface area (Å²) in [6, 6.07) is 3.65. The van der Waals surface area contributed by atoms with E-state index in [0.29, 0.717) is 16.6 Å². The summed E-state index contributed by atoms with van der Waals surface area (Å²) in [7, 11) is 0. The summed E-state index contributed by atoms with van der Waals surface area (Å²) in [6.07, 6.45) is 0.282. The number of halogens is 2. The fourth-order valence-electron chi connectivity index (χ4n) is 1.64. The Hall–Kier alpha value is -1.43. The summed E-state index contributed by atoms with van der Waals surface area (Å²) in [5.74, 6) is -0.807. The maximum Gasteiger partial charge on any atom is 0.252 e. The van der Waals surface area contributed by atoms with Gasteiger partial charge in [0.2, 0.25) is 5.91 Å². The highest BCUT2D eigenvalue weighted by molar-refractivity contribution is 9.10. The van der Waals surface area contributed by atoms with E-state index in [-0.39, 0.29) is 24.3 Å². The van der Waals surface area contributed by atoms with Crippen LogP contribution in [0.25, 0.3) is 0 Å². The molecule has 0 saturated carbocycles. The molecule has 1 atom stereocenters. The lowest BCUT2D eigenvalue weighted by Gasteiger charge is -2.11. The average molecular weight is 301 g/mol. The lowest BCUT2D eigenvalue weighted by Crippen LogP contribution is -2.36. The molecule has 1 aromatic rings. The summed E-state index contributed by atoms with van der Waals surface area (Å²) in [4.78, 5) is 22.8. The standard InChI is InChI=1S/C11H10BrFN2O2/c12-9-3-6(13)1-2-8(9)11(17)15-7-4-10(16)14-5-7/h1-3,7H,4-5H2,(H,14,16)(H,15,17). The van der Waals surface area contributed by atoms with Crippen LogP contribution in [-0.2, 0) is 4.79 Å². The van der Waals surface area contributed by atoms with Gasteiger partial charge in [-0.2, -0.15) is 0 Å². The van der Waals surface area contributed by atoms with E-state index in [9.17, 15) is 14.0 Å². The van der Waals surface area contributed by atoms with E-state index >= 15 is 0 Å².